The molecule has 0 fully saturated rings. The van der Waals surface area contributed by atoms with E-state index in [0.717, 1.165) is 22.4 Å². The van der Waals surface area contributed by atoms with Crippen LogP contribution in [0, 0.1) is 25.7 Å². The zero-order valence-electron chi connectivity index (χ0n) is 18.8. The lowest BCUT2D eigenvalue weighted by Gasteiger charge is -2.12. The van der Waals surface area contributed by atoms with Crippen molar-refractivity contribution in [2.24, 2.45) is 0 Å². The molecule has 0 saturated heterocycles. The number of pyridine rings is 1. The molecule has 166 valence electrons. The molecular weight excluding hydrogens is 428 g/mol. The summed E-state index contributed by atoms with van der Waals surface area (Å²) in [5.74, 6) is -1.86. The van der Waals surface area contributed by atoms with E-state index in [9.17, 15) is 8.78 Å². The van der Waals surface area contributed by atoms with Crippen LogP contribution in [0.5, 0.6) is 0 Å². The molecule has 3 nitrogen and oxygen atoms in total. The molecule has 3 aromatic carbocycles. The van der Waals surface area contributed by atoms with Gasteiger partial charge in [0.05, 0.1) is 5.69 Å². The molecule has 0 bridgehead atoms. The fraction of sp³-hybridized carbons (Fsp3) is 0.0690. The van der Waals surface area contributed by atoms with Gasteiger partial charge in [-0.25, -0.2) is 0 Å². The number of aromatic nitrogens is 3. The predicted molar refractivity (Wildman–Crippen MR) is 131 cm³/mol. The summed E-state index contributed by atoms with van der Waals surface area (Å²) in [6.07, 6.45) is 1.52. The second kappa shape index (κ2) is 8.94. The highest BCUT2D eigenvalue weighted by Crippen LogP contribution is 2.34. The van der Waals surface area contributed by atoms with Crippen LogP contribution in [0.4, 0.5) is 8.78 Å². The molecule has 5 heteroatoms. The van der Waals surface area contributed by atoms with Crippen LogP contribution in [-0.2, 0) is 0 Å². The lowest BCUT2D eigenvalue weighted by molar-refractivity contribution is 0.528. The van der Waals surface area contributed by atoms with Gasteiger partial charge < -0.3 is 0 Å². The van der Waals surface area contributed by atoms with Crippen molar-refractivity contribution in [2.45, 2.75) is 13.8 Å². The van der Waals surface area contributed by atoms with Gasteiger partial charge in [0, 0.05) is 23.4 Å². The number of aryl methyl sites for hydroxylation is 2. The van der Waals surface area contributed by atoms with Crippen molar-refractivity contribution in [1.82, 2.24) is 15.0 Å². The Hall–Kier alpha value is -4.25. The molecule has 5 rings (SSSR count). The third-order valence-electron chi connectivity index (χ3n) is 5.64. The lowest BCUT2D eigenvalue weighted by Crippen LogP contribution is -1.96. The van der Waals surface area contributed by atoms with Crippen molar-refractivity contribution in [3.05, 3.63) is 114 Å². The first-order valence-corrected chi connectivity index (χ1v) is 10.9. The van der Waals surface area contributed by atoms with Gasteiger partial charge in [0.2, 0.25) is 11.9 Å². The molecule has 0 spiro atoms. The quantitative estimate of drug-likeness (QED) is 0.268. The predicted octanol–water partition coefficient (Wildman–Crippen LogP) is 7.43. The number of hydrogen-bond acceptors (Lipinski definition) is 3. The summed E-state index contributed by atoms with van der Waals surface area (Å²) >= 11 is 0. The Kier molecular flexibility index (Phi) is 5.68. The summed E-state index contributed by atoms with van der Waals surface area (Å²) in [5, 5.41) is 0. The van der Waals surface area contributed by atoms with Gasteiger partial charge in [-0.1, -0.05) is 77.9 Å². The first kappa shape index (κ1) is 21.6. The molecular formula is C29H21F2N3. The fourth-order valence-electron chi connectivity index (χ4n) is 4.15. The average Bonchev–Trinajstić information content (AvgIpc) is 2.83. The maximum absolute atomic E-state index is 13.4. The van der Waals surface area contributed by atoms with Crippen LogP contribution in [0.3, 0.4) is 0 Å². The Morgan fingerprint density at radius 2 is 1.12 bits per heavy atom. The third kappa shape index (κ3) is 4.46. The van der Waals surface area contributed by atoms with E-state index in [1.54, 1.807) is 12.1 Å². The van der Waals surface area contributed by atoms with Gasteiger partial charge in [-0.05, 0) is 48.2 Å². The standard InChI is InChI=1S/C29H21F2N3/c1-18-13-19(2)15-23(14-18)25-6-4-3-5-24(25)20-7-9-21(10-8-20)26-12-11-22(17-32-26)29-33-27(30)16-28(31)34-29/h3-17H,1-2H3. The van der Waals surface area contributed by atoms with Gasteiger partial charge in [0.25, 0.3) is 0 Å². The average molecular weight is 450 g/mol. The van der Waals surface area contributed by atoms with Crippen LogP contribution in [-0.4, -0.2) is 15.0 Å². The molecule has 2 aromatic heterocycles. The molecule has 5 aromatic rings. The van der Waals surface area contributed by atoms with E-state index >= 15 is 0 Å². The van der Waals surface area contributed by atoms with Gasteiger partial charge in [-0.2, -0.15) is 18.7 Å². The first-order valence-electron chi connectivity index (χ1n) is 10.9. The molecule has 0 amide bonds. The highest BCUT2D eigenvalue weighted by Gasteiger charge is 2.10. The van der Waals surface area contributed by atoms with Crippen LogP contribution in [0.2, 0.25) is 0 Å². The Morgan fingerprint density at radius 1 is 0.559 bits per heavy atom. The number of nitrogens with zero attached hydrogens (tertiary/aromatic N) is 3. The van der Waals surface area contributed by atoms with Crippen molar-refractivity contribution in [3.8, 4) is 44.9 Å². The molecule has 0 unspecified atom stereocenters. The summed E-state index contributed by atoms with van der Waals surface area (Å²) in [7, 11) is 0. The molecule has 0 aliphatic carbocycles. The smallest absolute Gasteiger partial charge is 0.219 e. The Morgan fingerprint density at radius 3 is 1.71 bits per heavy atom. The second-order valence-electron chi connectivity index (χ2n) is 8.27. The van der Waals surface area contributed by atoms with E-state index in [0.29, 0.717) is 11.6 Å². The topological polar surface area (TPSA) is 38.7 Å². The van der Waals surface area contributed by atoms with E-state index in [1.807, 2.05) is 18.2 Å². The Labute approximate surface area is 196 Å². The van der Waals surface area contributed by atoms with Gasteiger partial charge in [0.15, 0.2) is 5.82 Å². The summed E-state index contributed by atoms with van der Waals surface area (Å²) in [6.45, 7) is 4.23. The van der Waals surface area contributed by atoms with E-state index in [4.69, 9.17) is 0 Å². The zero-order valence-corrected chi connectivity index (χ0v) is 18.8. The van der Waals surface area contributed by atoms with Gasteiger partial charge in [0.1, 0.15) is 0 Å². The number of benzene rings is 3. The molecule has 34 heavy (non-hydrogen) atoms. The normalized spacial score (nSPS) is 10.9. The van der Waals surface area contributed by atoms with Crippen LogP contribution in [0.25, 0.3) is 44.9 Å². The maximum Gasteiger partial charge on any atom is 0.219 e. The zero-order chi connectivity index (χ0) is 23.7. The van der Waals surface area contributed by atoms with Crippen molar-refractivity contribution in [2.75, 3.05) is 0 Å². The monoisotopic (exact) mass is 449 g/mol. The minimum atomic E-state index is -0.914. The van der Waals surface area contributed by atoms with Crippen molar-refractivity contribution in [3.63, 3.8) is 0 Å². The molecule has 0 aliphatic heterocycles. The van der Waals surface area contributed by atoms with E-state index in [2.05, 4.69) is 77.3 Å². The molecule has 0 saturated carbocycles. The van der Waals surface area contributed by atoms with Crippen LogP contribution < -0.4 is 0 Å². The number of hydrogen-bond donors (Lipinski definition) is 0. The lowest BCUT2D eigenvalue weighted by atomic mass is 9.92. The molecule has 0 aliphatic rings. The molecule has 0 atom stereocenters. The van der Waals surface area contributed by atoms with E-state index < -0.39 is 11.9 Å². The minimum absolute atomic E-state index is 0.0325. The van der Waals surface area contributed by atoms with Crippen LogP contribution >= 0.6 is 0 Å². The highest BCUT2D eigenvalue weighted by molar-refractivity contribution is 5.84. The van der Waals surface area contributed by atoms with Crippen molar-refractivity contribution >= 4 is 0 Å². The summed E-state index contributed by atoms with van der Waals surface area (Å²) in [6, 6.07) is 27.3. The van der Waals surface area contributed by atoms with Crippen molar-refractivity contribution < 1.29 is 8.78 Å². The minimum Gasteiger partial charge on any atom is -0.255 e. The van der Waals surface area contributed by atoms with E-state index in [1.165, 1.54) is 28.5 Å². The fourth-order valence-corrected chi connectivity index (χ4v) is 4.15. The molecule has 2 heterocycles. The summed E-state index contributed by atoms with van der Waals surface area (Å²) in [5.41, 5.74) is 9.26. The SMILES string of the molecule is Cc1cc(C)cc(-c2ccccc2-c2ccc(-c3ccc(-c4nc(F)cc(F)n4)cn3)cc2)c1. The Bertz CT molecular complexity index is 1440. The third-order valence-corrected chi connectivity index (χ3v) is 5.64. The van der Waals surface area contributed by atoms with Gasteiger partial charge in [-0.15, -0.1) is 0 Å². The van der Waals surface area contributed by atoms with Gasteiger partial charge >= 0.3 is 0 Å². The van der Waals surface area contributed by atoms with E-state index in [-0.39, 0.29) is 5.82 Å². The first-order chi connectivity index (χ1) is 16.5. The molecule has 0 radical (unpaired) electrons. The summed E-state index contributed by atoms with van der Waals surface area (Å²) in [4.78, 5) is 11.7. The Balaban J connectivity index is 1.45. The van der Waals surface area contributed by atoms with Crippen molar-refractivity contribution in [1.29, 1.82) is 0 Å². The molecule has 0 N–H and O–H groups in total. The maximum atomic E-state index is 13.4. The highest BCUT2D eigenvalue weighted by atomic mass is 19.1. The van der Waals surface area contributed by atoms with Crippen LogP contribution in [0.1, 0.15) is 11.1 Å². The largest absolute Gasteiger partial charge is 0.255 e. The van der Waals surface area contributed by atoms with Gasteiger partial charge in [-0.3, -0.25) is 4.98 Å². The number of rotatable bonds is 4. The number of halogens is 2. The van der Waals surface area contributed by atoms with Crippen LogP contribution in [0.15, 0.2) is 91.1 Å². The summed E-state index contributed by atoms with van der Waals surface area (Å²) < 4.78 is 26.8. The second-order valence-corrected chi connectivity index (χ2v) is 8.27.